The summed E-state index contributed by atoms with van der Waals surface area (Å²) in [5, 5.41) is 5.42. The molecule has 0 saturated heterocycles. The summed E-state index contributed by atoms with van der Waals surface area (Å²) >= 11 is 0. The first-order valence-corrected chi connectivity index (χ1v) is 5.36. The minimum atomic E-state index is -0.438. The molecular weight excluding hydrogens is 223 g/mol. The molecule has 17 heavy (non-hydrogen) atoms. The summed E-state index contributed by atoms with van der Waals surface area (Å²) in [7, 11) is 3.15. The maximum atomic E-state index is 13.7. The Kier molecular flexibility index (Phi) is 4.90. The number of likely N-dealkylation sites (N-methyl/N-ethyl adjacent to an activating group) is 1. The van der Waals surface area contributed by atoms with Crippen molar-refractivity contribution in [1.29, 1.82) is 0 Å². The number of halogens is 1. The second-order valence-electron chi connectivity index (χ2n) is 3.68. The van der Waals surface area contributed by atoms with E-state index in [0.717, 1.165) is 0 Å². The van der Waals surface area contributed by atoms with Gasteiger partial charge in [0.2, 0.25) is 5.91 Å². The summed E-state index contributed by atoms with van der Waals surface area (Å²) in [6.45, 7) is 1.91. The van der Waals surface area contributed by atoms with Crippen LogP contribution in [0.3, 0.4) is 0 Å². The second-order valence-corrected chi connectivity index (χ2v) is 3.68. The highest BCUT2D eigenvalue weighted by Crippen LogP contribution is 2.27. The molecule has 0 saturated carbocycles. The number of hydrogen-bond donors (Lipinski definition) is 2. The molecule has 1 aromatic rings. The lowest BCUT2D eigenvalue weighted by Crippen LogP contribution is -2.34. The van der Waals surface area contributed by atoms with Crippen LogP contribution in [0.4, 0.5) is 4.39 Å². The zero-order valence-electron chi connectivity index (χ0n) is 10.2. The van der Waals surface area contributed by atoms with E-state index in [1.54, 1.807) is 26.1 Å². The Hall–Kier alpha value is -1.62. The Morgan fingerprint density at radius 1 is 1.53 bits per heavy atom. The van der Waals surface area contributed by atoms with Gasteiger partial charge in [-0.15, -0.1) is 0 Å². The van der Waals surface area contributed by atoms with Crippen molar-refractivity contribution in [2.75, 3.05) is 20.7 Å². The van der Waals surface area contributed by atoms with E-state index < -0.39 is 6.04 Å². The van der Waals surface area contributed by atoms with Gasteiger partial charge in [-0.3, -0.25) is 4.79 Å². The quantitative estimate of drug-likeness (QED) is 0.814. The molecular formula is C12H17FN2O2. The summed E-state index contributed by atoms with van der Waals surface area (Å²) in [5.74, 6) is -0.144. The number of carbonyl (C=O) groups is 1. The minimum Gasteiger partial charge on any atom is -0.496 e. The third-order valence-corrected chi connectivity index (χ3v) is 2.38. The first-order valence-electron chi connectivity index (χ1n) is 5.36. The van der Waals surface area contributed by atoms with Gasteiger partial charge in [-0.05, 0) is 26.1 Å². The van der Waals surface area contributed by atoms with Gasteiger partial charge < -0.3 is 15.4 Å². The van der Waals surface area contributed by atoms with E-state index in [1.165, 1.54) is 13.2 Å². The zero-order chi connectivity index (χ0) is 12.8. The molecule has 4 nitrogen and oxygen atoms in total. The van der Waals surface area contributed by atoms with E-state index in [4.69, 9.17) is 4.74 Å². The van der Waals surface area contributed by atoms with E-state index in [2.05, 4.69) is 10.6 Å². The molecule has 0 bridgehead atoms. The molecule has 0 spiro atoms. The molecule has 1 amide bonds. The van der Waals surface area contributed by atoms with E-state index in [-0.39, 0.29) is 18.3 Å². The van der Waals surface area contributed by atoms with Crippen molar-refractivity contribution in [3.8, 4) is 5.75 Å². The molecule has 0 aliphatic carbocycles. The van der Waals surface area contributed by atoms with Gasteiger partial charge in [-0.25, -0.2) is 4.39 Å². The Bertz CT molecular complexity index is 396. The van der Waals surface area contributed by atoms with E-state index in [1.807, 2.05) is 0 Å². The van der Waals surface area contributed by atoms with Crippen LogP contribution < -0.4 is 15.4 Å². The van der Waals surface area contributed by atoms with Gasteiger partial charge >= 0.3 is 0 Å². The van der Waals surface area contributed by atoms with E-state index in [0.29, 0.717) is 11.3 Å². The molecule has 0 aromatic heterocycles. The van der Waals surface area contributed by atoms with Crippen molar-refractivity contribution in [2.24, 2.45) is 0 Å². The van der Waals surface area contributed by atoms with Gasteiger partial charge in [-0.2, -0.15) is 0 Å². The van der Waals surface area contributed by atoms with Gasteiger partial charge in [0.15, 0.2) is 0 Å². The molecule has 2 N–H and O–H groups in total. The van der Waals surface area contributed by atoms with Crippen molar-refractivity contribution in [2.45, 2.75) is 13.0 Å². The number of nitrogens with one attached hydrogen (secondary N) is 2. The lowest BCUT2D eigenvalue weighted by molar-refractivity contribution is -0.120. The molecule has 0 heterocycles. The fourth-order valence-electron chi connectivity index (χ4n) is 1.64. The van der Waals surface area contributed by atoms with Gasteiger partial charge in [0.25, 0.3) is 0 Å². The second kappa shape index (κ2) is 6.20. The van der Waals surface area contributed by atoms with Crippen molar-refractivity contribution >= 4 is 5.91 Å². The molecule has 1 unspecified atom stereocenters. The Morgan fingerprint density at radius 3 is 2.82 bits per heavy atom. The highest BCUT2D eigenvalue weighted by atomic mass is 19.1. The summed E-state index contributed by atoms with van der Waals surface area (Å²) in [4.78, 5) is 11.4. The van der Waals surface area contributed by atoms with Crippen LogP contribution in [0, 0.1) is 5.82 Å². The molecule has 1 rings (SSSR count). The van der Waals surface area contributed by atoms with Crippen LogP contribution in [-0.2, 0) is 4.79 Å². The van der Waals surface area contributed by atoms with Crippen molar-refractivity contribution in [1.82, 2.24) is 10.6 Å². The van der Waals surface area contributed by atoms with Gasteiger partial charge in [0.1, 0.15) is 11.6 Å². The summed E-state index contributed by atoms with van der Waals surface area (Å²) in [6.07, 6.45) is 0. The first-order chi connectivity index (χ1) is 8.10. The third-order valence-electron chi connectivity index (χ3n) is 2.38. The number of amides is 1. The predicted octanol–water partition coefficient (Wildman–Crippen LogP) is 1.23. The van der Waals surface area contributed by atoms with Crippen LogP contribution in [0.5, 0.6) is 5.75 Å². The largest absolute Gasteiger partial charge is 0.496 e. The summed E-state index contributed by atoms with van der Waals surface area (Å²) in [6, 6.07) is 4.14. The number of methoxy groups -OCH3 is 1. The molecule has 5 heteroatoms. The lowest BCUT2D eigenvalue weighted by atomic mass is 10.1. The van der Waals surface area contributed by atoms with Crippen LogP contribution in [0.2, 0.25) is 0 Å². The summed E-state index contributed by atoms with van der Waals surface area (Å²) < 4.78 is 18.8. The Balaban J connectivity index is 2.87. The average molecular weight is 240 g/mol. The van der Waals surface area contributed by atoms with Crippen molar-refractivity contribution in [3.63, 3.8) is 0 Å². The van der Waals surface area contributed by atoms with Crippen molar-refractivity contribution in [3.05, 3.63) is 29.6 Å². The molecule has 0 aliphatic heterocycles. The minimum absolute atomic E-state index is 0.190. The third kappa shape index (κ3) is 3.42. The van der Waals surface area contributed by atoms with Crippen molar-refractivity contribution < 1.29 is 13.9 Å². The topological polar surface area (TPSA) is 50.4 Å². The number of ether oxygens (including phenoxy) is 1. The van der Waals surface area contributed by atoms with Crippen LogP contribution in [0.25, 0.3) is 0 Å². The van der Waals surface area contributed by atoms with Gasteiger partial charge in [0.05, 0.1) is 25.3 Å². The Labute approximate surface area is 100 Å². The molecule has 0 aliphatic rings. The van der Waals surface area contributed by atoms with Crippen LogP contribution >= 0.6 is 0 Å². The SMILES string of the molecule is CNCC(=O)NC(C)c1c(F)cccc1OC. The van der Waals surface area contributed by atoms with Crippen LogP contribution in [0.1, 0.15) is 18.5 Å². The fourth-order valence-corrected chi connectivity index (χ4v) is 1.64. The normalized spacial score (nSPS) is 12.0. The number of rotatable bonds is 5. The van der Waals surface area contributed by atoms with Crippen LogP contribution in [0.15, 0.2) is 18.2 Å². The molecule has 0 radical (unpaired) electrons. The average Bonchev–Trinajstić information content (AvgIpc) is 2.28. The zero-order valence-corrected chi connectivity index (χ0v) is 10.2. The van der Waals surface area contributed by atoms with E-state index >= 15 is 0 Å². The first kappa shape index (κ1) is 13.4. The standard InChI is InChI=1S/C12H17FN2O2/c1-8(15-11(16)7-14-2)12-9(13)5-4-6-10(12)17-3/h4-6,8,14H,7H2,1-3H3,(H,15,16). The Morgan fingerprint density at radius 2 is 2.24 bits per heavy atom. The lowest BCUT2D eigenvalue weighted by Gasteiger charge is -2.17. The predicted molar refractivity (Wildman–Crippen MR) is 63.4 cm³/mol. The van der Waals surface area contributed by atoms with E-state index in [9.17, 15) is 9.18 Å². The molecule has 94 valence electrons. The van der Waals surface area contributed by atoms with Crippen LogP contribution in [-0.4, -0.2) is 26.6 Å². The smallest absolute Gasteiger partial charge is 0.234 e. The fraction of sp³-hybridized carbons (Fsp3) is 0.417. The van der Waals surface area contributed by atoms with Gasteiger partial charge in [0, 0.05) is 0 Å². The molecule has 0 fully saturated rings. The highest BCUT2D eigenvalue weighted by Gasteiger charge is 2.17. The number of carbonyl (C=O) groups excluding carboxylic acids is 1. The van der Waals surface area contributed by atoms with Gasteiger partial charge in [-0.1, -0.05) is 6.07 Å². The molecule has 1 aromatic carbocycles. The number of benzene rings is 1. The summed E-state index contributed by atoms with van der Waals surface area (Å²) in [5.41, 5.74) is 0.361. The maximum absolute atomic E-state index is 13.7. The molecule has 1 atom stereocenters. The number of hydrogen-bond acceptors (Lipinski definition) is 3. The highest BCUT2D eigenvalue weighted by molar-refractivity contribution is 5.78. The maximum Gasteiger partial charge on any atom is 0.234 e. The monoisotopic (exact) mass is 240 g/mol.